The number of nitrogens with zero attached hydrogens (tertiary/aromatic N) is 2. The summed E-state index contributed by atoms with van der Waals surface area (Å²) < 4.78 is 5.26. The maximum atomic E-state index is 12.8. The molecule has 26 heavy (non-hydrogen) atoms. The van der Waals surface area contributed by atoms with Crippen molar-refractivity contribution in [1.29, 1.82) is 0 Å². The third-order valence-corrected chi connectivity index (χ3v) is 4.67. The van der Waals surface area contributed by atoms with Crippen LogP contribution in [-0.2, 0) is 4.79 Å². The topological polar surface area (TPSA) is 70.2 Å². The number of carbonyl (C=O) groups is 1. The van der Waals surface area contributed by atoms with Gasteiger partial charge in [-0.25, -0.2) is 0 Å². The molecule has 3 rings (SSSR count). The zero-order valence-electron chi connectivity index (χ0n) is 15.4. The van der Waals surface area contributed by atoms with E-state index in [4.69, 9.17) is 4.74 Å². The number of ether oxygens (including phenoxy) is 1. The fraction of sp³-hybridized carbons (Fsp3) is 0.400. The molecule has 0 bridgehead atoms. The molecule has 1 atom stereocenters. The van der Waals surface area contributed by atoms with E-state index in [0.717, 1.165) is 49.4 Å². The normalized spacial score (nSPS) is 16.1. The first-order valence-electron chi connectivity index (χ1n) is 9.11. The number of hydrogen-bond acceptors (Lipinski definition) is 4. The second kappa shape index (κ2) is 8.67. The van der Waals surface area contributed by atoms with Crippen molar-refractivity contribution < 1.29 is 9.53 Å². The highest BCUT2D eigenvalue weighted by molar-refractivity contribution is 5.94. The van der Waals surface area contributed by atoms with Gasteiger partial charge in [0.2, 0.25) is 5.91 Å². The van der Waals surface area contributed by atoms with Crippen molar-refractivity contribution in [2.45, 2.75) is 32.2 Å². The molecule has 0 saturated heterocycles. The molecular formula is C20H26N4O2. The van der Waals surface area contributed by atoms with Gasteiger partial charge in [0, 0.05) is 24.7 Å². The minimum atomic E-state index is -0.133. The van der Waals surface area contributed by atoms with Gasteiger partial charge in [-0.15, -0.1) is 0 Å². The van der Waals surface area contributed by atoms with Crippen molar-refractivity contribution in [3.05, 3.63) is 42.5 Å². The summed E-state index contributed by atoms with van der Waals surface area (Å²) in [6.07, 6.45) is 7.15. The molecule has 1 aliphatic rings. The first-order chi connectivity index (χ1) is 12.7. The van der Waals surface area contributed by atoms with Crippen LogP contribution in [-0.4, -0.2) is 47.2 Å². The van der Waals surface area contributed by atoms with Crippen molar-refractivity contribution in [3.63, 3.8) is 0 Å². The van der Waals surface area contributed by atoms with Crippen LogP contribution in [0.1, 0.15) is 26.2 Å². The van der Waals surface area contributed by atoms with Crippen molar-refractivity contribution in [2.75, 3.05) is 25.5 Å². The van der Waals surface area contributed by atoms with Crippen LogP contribution in [0.2, 0.25) is 0 Å². The summed E-state index contributed by atoms with van der Waals surface area (Å²) in [7, 11) is 1.64. The Hall–Kier alpha value is -2.60. The smallest absolute Gasteiger partial charge is 0.242 e. The van der Waals surface area contributed by atoms with E-state index in [1.807, 2.05) is 30.3 Å². The Morgan fingerprint density at radius 3 is 2.77 bits per heavy atom. The number of anilines is 1. The molecule has 1 aliphatic heterocycles. The van der Waals surface area contributed by atoms with Gasteiger partial charge in [-0.3, -0.25) is 14.8 Å². The zero-order valence-corrected chi connectivity index (χ0v) is 15.4. The van der Waals surface area contributed by atoms with Gasteiger partial charge in [0.05, 0.1) is 18.8 Å². The van der Waals surface area contributed by atoms with Crippen LogP contribution in [0.25, 0.3) is 11.3 Å². The van der Waals surface area contributed by atoms with Gasteiger partial charge in [-0.1, -0.05) is 31.2 Å². The maximum absolute atomic E-state index is 12.8. The third kappa shape index (κ3) is 4.32. The number of nitrogens with one attached hydrogen (secondary N) is 2. The summed E-state index contributed by atoms with van der Waals surface area (Å²) >= 11 is 0. The lowest BCUT2D eigenvalue weighted by Crippen LogP contribution is -2.44. The number of hydrogen-bond donors (Lipinski definition) is 2. The predicted molar refractivity (Wildman–Crippen MR) is 103 cm³/mol. The van der Waals surface area contributed by atoms with E-state index in [2.05, 4.69) is 39.5 Å². The molecule has 6 heteroatoms. The number of H-pyrrole nitrogens is 1. The predicted octanol–water partition coefficient (Wildman–Crippen LogP) is 3.45. The van der Waals surface area contributed by atoms with Gasteiger partial charge in [0.1, 0.15) is 5.75 Å². The highest BCUT2D eigenvalue weighted by Crippen LogP contribution is 2.24. The molecule has 6 nitrogen and oxygen atoms in total. The number of aromatic amines is 1. The SMILES string of the molecule is CCC(C(=O)Nc1cc(-c2cccc(OC)c2)[nH]n1)N1CCC=CCC1. The first-order valence-corrected chi connectivity index (χ1v) is 9.11. The van der Waals surface area contributed by atoms with Crippen molar-refractivity contribution in [1.82, 2.24) is 15.1 Å². The molecule has 0 saturated carbocycles. The number of aromatic nitrogens is 2. The summed E-state index contributed by atoms with van der Waals surface area (Å²) in [5.74, 6) is 1.32. The number of benzene rings is 1. The number of amides is 1. The van der Waals surface area contributed by atoms with Crippen molar-refractivity contribution >= 4 is 11.7 Å². The quantitative estimate of drug-likeness (QED) is 0.780. The second-order valence-electron chi connectivity index (χ2n) is 6.40. The molecule has 0 aliphatic carbocycles. The van der Waals surface area contributed by atoms with Gasteiger partial charge in [-0.2, -0.15) is 5.10 Å². The molecule has 1 aromatic carbocycles. The molecule has 2 heterocycles. The molecule has 1 unspecified atom stereocenters. The van der Waals surface area contributed by atoms with E-state index in [9.17, 15) is 4.79 Å². The van der Waals surface area contributed by atoms with Gasteiger partial charge in [0.25, 0.3) is 0 Å². The van der Waals surface area contributed by atoms with E-state index in [1.54, 1.807) is 7.11 Å². The Labute approximate surface area is 154 Å². The van der Waals surface area contributed by atoms with Crippen LogP contribution < -0.4 is 10.1 Å². The number of rotatable bonds is 6. The van der Waals surface area contributed by atoms with Crippen LogP contribution in [0.15, 0.2) is 42.5 Å². The van der Waals surface area contributed by atoms with Crippen LogP contribution in [0.4, 0.5) is 5.82 Å². The van der Waals surface area contributed by atoms with Crippen LogP contribution >= 0.6 is 0 Å². The highest BCUT2D eigenvalue weighted by Gasteiger charge is 2.24. The summed E-state index contributed by atoms with van der Waals surface area (Å²) in [6.45, 7) is 3.88. The molecule has 2 aromatic rings. The summed E-state index contributed by atoms with van der Waals surface area (Å²) in [5.41, 5.74) is 1.80. The highest BCUT2D eigenvalue weighted by atomic mass is 16.5. The Morgan fingerprint density at radius 1 is 1.31 bits per heavy atom. The zero-order chi connectivity index (χ0) is 18.4. The molecule has 0 radical (unpaired) electrons. The molecule has 2 N–H and O–H groups in total. The van der Waals surface area contributed by atoms with E-state index in [-0.39, 0.29) is 11.9 Å². The van der Waals surface area contributed by atoms with Gasteiger partial charge < -0.3 is 10.1 Å². The fourth-order valence-corrected chi connectivity index (χ4v) is 3.28. The van der Waals surface area contributed by atoms with Gasteiger partial charge in [0.15, 0.2) is 5.82 Å². The molecule has 0 spiro atoms. The number of methoxy groups -OCH3 is 1. The largest absolute Gasteiger partial charge is 0.497 e. The third-order valence-electron chi connectivity index (χ3n) is 4.67. The molecule has 1 amide bonds. The van der Waals surface area contributed by atoms with E-state index in [1.165, 1.54) is 0 Å². The minimum Gasteiger partial charge on any atom is -0.497 e. The summed E-state index contributed by atoms with van der Waals surface area (Å²) in [6, 6.07) is 9.44. The van der Waals surface area contributed by atoms with Crippen LogP contribution in [0, 0.1) is 0 Å². The van der Waals surface area contributed by atoms with Crippen LogP contribution in [0.3, 0.4) is 0 Å². The first kappa shape index (κ1) is 18.2. The molecular weight excluding hydrogens is 328 g/mol. The van der Waals surface area contributed by atoms with Crippen molar-refractivity contribution in [2.24, 2.45) is 0 Å². The Morgan fingerprint density at radius 2 is 2.08 bits per heavy atom. The van der Waals surface area contributed by atoms with Crippen LogP contribution in [0.5, 0.6) is 5.75 Å². The monoisotopic (exact) mass is 354 g/mol. The van der Waals surface area contributed by atoms with Crippen molar-refractivity contribution in [3.8, 4) is 17.0 Å². The Bertz CT molecular complexity index is 759. The van der Waals surface area contributed by atoms with E-state index in [0.29, 0.717) is 5.82 Å². The average Bonchev–Trinajstić information content (AvgIpc) is 2.96. The van der Waals surface area contributed by atoms with E-state index < -0.39 is 0 Å². The average molecular weight is 354 g/mol. The Balaban J connectivity index is 1.68. The lowest BCUT2D eigenvalue weighted by Gasteiger charge is -2.28. The van der Waals surface area contributed by atoms with Gasteiger partial charge >= 0.3 is 0 Å². The fourth-order valence-electron chi connectivity index (χ4n) is 3.28. The minimum absolute atomic E-state index is 0.00177. The molecule has 1 aromatic heterocycles. The second-order valence-corrected chi connectivity index (χ2v) is 6.40. The van der Waals surface area contributed by atoms with Gasteiger partial charge in [-0.05, 0) is 31.4 Å². The molecule has 138 valence electrons. The number of carbonyl (C=O) groups excluding carboxylic acids is 1. The lowest BCUT2D eigenvalue weighted by molar-refractivity contribution is -0.121. The standard InChI is InChI=1S/C20H26N4O2/c1-3-18(24-11-6-4-5-7-12-24)20(25)21-19-14-17(22-23-19)15-9-8-10-16(13-15)26-2/h4-5,8-10,13-14,18H,3,6-7,11-12H2,1-2H3,(H2,21,22,23,25). The summed E-state index contributed by atoms with van der Waals surface area (Å²) in [5, 5.41) is 10.2. The molecule has 0 fully saturated rings. The summed E-state index contributed by atoms with van der Waals surface area (Å²) in [4.78, 5) is 15.0. The maximum Gasteiger partial charge on any atom is 0.242 e. The van der Waals surface area contributed by atoms with E-state index >= 15 is 0 Å². The lowest BCUT2D eigenvalue weighted by atomic mass is 10.1. The Kier molecular flexibility index (Phi) is 6.07.